The Kier molecular flexibility index (Phi) is 3.91. The lowest BCUT2D eigenvalue weighted by atomic mass is 10.1. The number of β-amino-alcohol motifs (C(OH)–C–C–N with tert-alkyl or cyclic N) is 1. The molecule has 8 heteroatoms. The number of carbonyl (C=O) groups is 2. The van der Waals surface area contributed by atoms with Crippen LogP contribution in [-0.2, 0) is 11.0 Å². The van der Waals surface area contributed by atoms with E-state index in [4.69, 9.17) is 5.11 Å². The molecule has 1 fully saturated rings. The van der Waals surface area contributed by atoms with Gasteiger partial charge in [-0.25, -0.2) is 4.79 Å². The Balaban J connectivity index is 2.22. The smallest absolute Gasteiger partial charge is 0.416 e. The van der Waals surface area contributed by atoms with Gasteiger partial charge in [-0.2, -0.15) is 13.2 Å². The number of aliphatic carboxylic acids is 1. The van der Waals surface area contributed by atoms with Crippen LogP contribution < -0.4 is 0 Å². The van der Waals surface area contributed by atoms with Crippen molar-refractivity contribution in [1.82, 2.24) is 4.90 Å². The zero-order valence-electron chi connectivity index (χ0n) is 10.7. The van der Waals surface area contributed by atoms with Crippen molar-refractivity contribution in [3.8, 4) is 0 Å². The average molecular weight is 303 g/mol. The number of carboxylic acids is 1. The van der Waals surface area contributed by atoms with E-state index in [0.29, 0.717) is 0 Å². The fourth-order valence-corrected chi connectivity index (χ4v) is 2.24. The minimum atomic E-state index is -4.50. The maximum Gasteiger partial charge on any atom is 0.416 e. The molecular formula is C13H12F3NO4. The molecular weight excluding hydrogens is 291 g/mol. The van der Waals surface area contributed by atoms with Crippen LogP contribution in [0.3, 0.4) is 0 Å². The summed E-state index contributed by atoms with van der Waals surface area (Å²) in [7, 11) is 0. The predicted molar refractivity (Wildman–Crippen MR) is 64.5 cm³/mol. The Morgan fingerprint density at radius 2 is 1.76 bits per heavy atom. The van der Waals surface area contributed by atoms with Gasteiger partial charge in [-0.1, -0.05) is 0 Å². The van der Waals surface area contributed by atoms with Crippen molar-refractivity contribution in [3.05, 3.63) is 35.4 Å². The molecule has 2 N–H and O–H groups in total. The largest absolute Gasteiger partial charge is 0.480 e. The number of hydrogen-bond acceptors (Lipinski definition) is 3. The molecule has 1 aromatic carbocycles. The van der Waals surface area contributed by atoms with Gasteiger partial charge in [-0.15, -0.1) is 0 Å². The van der Waals surface area contributed by atoms with Gasteiger partial charge in [0, 0.05) is 18.5 Å². The van der Waals surface area contributed by atoms with Gasteiger partial charge in [0.05, 0.1) is 11.7 Å². The molecule has 1 aliphatic rings. The van der Waals surface area contributed by atoms with Crippen LogP contribution in [0.2, 0.25) is 0 Å². The Labute approximate surface area is 117 Å². The maximum absolute atomic E-state index is 12.4. The average Bonchev–Trinajstić information content (AvgIpc) is 2.79. The van der Waals surface area contributed by atoms with Gasteiger partial charge >= 0.3 is 12.1 Å². The van der Waals surface area contributed by atoms with Crippen molar-refractivity contribution in [2.24, 2.45) is 0 Å². The molecule has 0 radical (unpaired) electrons. The first-order chi connectivity index (χ1) is 9.70. The third-order valence-electron chi connectivity index (χ3n) is 3.28. The van der Waals surface area contributed by atoms with Crippen molar-refractivity contribution in [3.63, 3.8) is 0 Å². The number of halogens is 3. The molecule has 1 amide bonds. The summed E-state index contributed by atoms with van der Waals surface area (Å²) in [6, 6.07) is 2.34. The lowest BCUT2D eigenvalue weighted by Gasteiger charge is -2.21. The van der Waals surface area contributed by atoms with Crippen LogP contribution in [-0.4, -0.2) is 45.7 Å². The number of aliphatic hydroxyl groups excluding tert-OH is 1. The predicted octanol–water partition coefficient (Wildman–Crippen LogP) is 1.37. The summed E-state index contributed by atoms with van der Waals surface area (Å²) < 4.78 is 37.3. The number of amides is 1. The van der Waals surface area contributed by atoms with Crippen molar-refractivity contribution in [1.29, 1.82) is 0 Å². The molecule has 0 aliphatic carbocycles. The van der Waals surface area contributed by atoms with Gasteiger partial charge in [0.1, 0.15) is 6.04 Å². The van der Waals surface area contributed by atoms with Crippen LogP contribution in [0.4, 0.5) is 13.2 Å². The first-order valence-electron chi connectivity index (χ1n) is 6.09. The Bertz CT molecular complexity index is 556. The van der Waals surface area contributed by atoms with Crippen LogP contribution in [0.1, 0.15) is 22.3 Å². The molecule has 0 spiro atoms. The van der Waals surface area contributed by atoms with E-state index in [2.05, 4.69) is 0 Å². The highest BCUT2D eigenvalue weighted by Gasteiger charge is 2.39. The van der Waals surface area contributed by atoms with E-state index < -0.39 is 35.8 Å². The molecule has 21 heavy (non-hydrogen) atoms. The number of alkyl halides is 3. The lowest BCUT2D eigenvalue weighted by Crippen LogP contribution is -2.40. The molecule has 0 saturated carbocycles. The van der Waals surface area contributed by atoms with Gasteiger partial charge in [0.2, 0.25) is 0 Å². The highest BCUT2D eigenvalue weighted by molar-refractivity contribution is 5.97. The maximum atomic E-state index is 12.4. The summed E-state index contributed by atoms with van der Waals surface area (Å²) in [5, 5.41) is 18.5. The van der Waals surface area contributed by atoms with E-state index in [1.807, 2.05) is 0 Å². The number of aliphatic hydroxyl groups is 1. The van der Waals surface area contributed by atoms with E-state index >= 15 is 0 Å². The fourth-order valence-electron chi connectivity index (χ4n) is 2.24. The second-order valence-corrected chi connectivity index (χ2v) is 4.78. The van der Waals surface area contributed by atoms with Crippen LogP contribution in [0.15, 0.2) is 24.3 Å². The SMILES string of the molecule is O=C(O)[C@@H]1C[C@H](O)CN1C(=O)c1ccc(C(F)(F)F)cc1. The molecule has 0 bridgehead atoms. The lowest BCUT2D eigenvalue weighted by molar-refractivity contribution is -0.141. The first kappa shape index (κ1) is 15.3. The van der Waals surface area contributed by atoms with Gasteiger partial charge in [0.25, 0.3) is 5.91 Å². The highest BCUT2D eigenvalue weighted by Crippen LogP contribution is 2.29. The number of rotatable bonds is 2. The third kappa shape index (κ3) is 3.15. The van der Waals surface area contributed by atoms with E-state index in [0.717, 1.165) is 29.2 Å². The number of carboxylic acid groups (broad SMARTS) is 1. The normalized spacial score (nSPS) is 22.4. The van der Waals surface area contributed by atoms with E-state index in [9.17, 15) is 27.9 Å². The van der Waals surface area contributed by atoms with E-state index in [1.54, 1.807) is 0 Å². The van der Waals surface area contributed by atoms with Gasteiger partial charge in [0.15, 0.2) is 0 Å². The quantitative estimate of drug-likeness (QED) is 0.865. The van der Waals surface area contributed by atoms with Crippen molar-refractivity contribution < 1.29 is 33.0 Å². The third-order valence-corrected chi connectivity index (χ3v) is 3.28. The number of nitrogens with zero attached hydrogens (tertiary/aromatic N) is 1. The second-order valence-electron chi connectivity index (χ2n) is 4.78. The summed E-state index contributed by atoms with van der Waals surface area (Å²) in [6.07, 6.45) is -5.55. The van der Waals surface area contributed by atoms with Crippen molar-refractivity contribution in [2.45, 2.75) is 24.7 Å². The molecule has 1 heterocycles. The summed E-state index contributed by atoms with van der Waals surface area (Å²) in [5.74, 6) is -1.97. The number of benzene rings is 1. The summed E-state index contributed by atoms with van der Waals surface area (Å²) in [5.41, 5.74) is -0.946. The molecule has 1 saturated heterocycles. The first-order valence-corrected chi connectivity index (χ1v) is 6.09. The van der Waals surface area contributed by atoms with Crippen LogP contribution >= 0.6 is 0 Å². The molecule has 2 atom stereocenters. The van der Waals surface area contributed by atoms with Crippen LogP contribution in [0.25, 0.3) is 0 Å². The van der Waals surface area contributed by atoms with Gasteiger partial charge in [-0.05, 0) is 24.3 Å². The molecule has 1 aromatic rings. The second kappa shape index (κ2) is 5.36. The summed E-state index contributed by atoms with van der Waals surface area (Å²) in [6.45, 7) is -0.156. The Morgan fingerprint density at radius 3 is 2.24 bits per heavy atom. The molecule has 1 aliphatic heterocycles. The fraction of sp³-hybridized carbons (Fsp3) is 0.385. The molecule has 0 aromatic heterocycles. The zero-order valence-corrected chi connectivity index (χ0v) is 10.7. The monoisotopic (exact) mass is 303 g/mol. The van der Waals surface area contributed by atoms with Gasteiger partial charge in [-0.3, -0.25) is 4.79 Å². The van der Waals surface area contributed by atoms with Crippen LogP contribution in [0.5, 0.6) is 0 Å². The minimum absolute atomic E-state index is 0.0525. The van der Waals surface area contributed by atoms with Crippen molar-refractivity contribution >= 4 is 11.9 Å². The van der Waals surface area contributed by atoms with Gasteiger partial charge < -0.3 is 15.1 Å². The summed E-state index contributed by atoms with van der Waals surface area (Å²) in [4.78, 5) is 24.1. The van der Waals surface area contributed by atoms with Crippen molar-refractivity contribution in [2.75, 3.05) is 6.54 Å². The highest BCUT2D eigenvalue weighted by atomic mass is 19.4. The number of hydrogen-bond donors (Lipinski definition) is 2. The number of likely N-dealkylation sites (tertiary alicyclic amines) is 1. The molecule has 0 unspecified atom stereocenters. The Morgan fingerprint density at radius 1 is 1.19 bits per heavy atom. The number of carbonyl (C=O) groups excluding carboxylic acids is 1. The van der Waals surface area contributed by atoms with E-state index in [-0.39, 0.29) is 18.5 Å². The van der Waals surface area contributed by atoms with Crippen LogP contribution in [0, 0.1) is 0 Å². The summed E-state index contributed by atoms with van der Waals surface area (Å²) >= 11 is 0. The minimum Gasteiger partial charge on any atom is -0.480 e. The molecule has 114 valence electrons. The van der Waals surface area contributed by atoms with E-state index in [1.165, 1.54) is 0 Å². The topological polar surface area (TPSA) is 77.8 Å². The molecule has 2 rings (SSSR count). The Hall–Kier alpha value is -2.09. The zero-order chi connectivity index (χ0) is 15.8. The molecule has 5 nitrogen and oxygen atoms in total. The standard InChI is InChI=1S/C13H12F3NO4/c14-13(15,16)8-3-1-7(2-4-8)11(19)17-6-9(18)5-10(17)12(20)21/h1-4,9-10,18H,5-6H2,(H,20,21)/t9-,10-/m0/s1.